The maximum absolute atomic E-state index is 9.94. The Bertz CT molecular complexity index is 654. The fraction of sp³-hybridized carbons (Fsp3) is 0.769. The van der Waals surface area contributed by atoms with Crippen molar-refractivity contribution in [1.82, 2.24) is 0 Å². The van der Waals surface area contributed by atoms with Gasteiger partial charge in [0.1, 0.15) is 0 Å². The molecule has 1 rings (SSSR count). The number of aliphatic hydroxyl groups excluding tert-OH is 2. The first-order chi connectivity index (χ1) is 14.9. The van der Waals surface area contributed by atoms with Crippen LogP contribution >= 0.6 is 0 Å². The number of hydrogen-bond donors (Lipinski definition) is 2. The zero-order valence-electron chi connectivity index (χ0n) is 21.5. The Morgan fingerprint density at radius 2 is 1.50 bits per heavy atom. The summed E-state index contributed by atoms with van der Waals surface area (Å²) in [5, 5.41) is 19.8. The van der Waals surface area contributed by atoms with Crippen LogP contribution in [0.1, 0.15) is 67.2 Å². The highest BCUT2D eigenvalue weighted by molar-refractivity contribution is 5.33. The van der Waals surface area contributed by atoms with Crippen LogP contribution in [0.15, 0.2) is 34.4 Å². The molecule has 2 atom stereocenters. The van der Waals surface area contributed by atoms with Gasteiger partial charge in [0.25, 0.3) is 0 Å². The Morgan fingerprint density at radius 1 is 0.969 bits per heavy atom. The highest BCUT2D eigenvalue weighted by atomic mass is 16.6. The van der Waals surface area contributed by atoms with Gasteiger partial charge in [-0.05, 0) is 54.6 Å². The fourth-order valence-electron chi connectivity index (χ4n) is 3.54. The van der Waals surface area contributed by atoms with Crippen molar-refractivity contribution in [2.45, 2.75) is 79.8 Å². The van der Waals surface area contributed by atoms with E-state index in [0.717, 1.165) is 36.8 Å². The second kappa shape index (κ2) is 13.6. The third kappa shape index (κ3) is 10.3. The lowest BCUT2D eigenvalue weighted by atomic mass is 9.74. The average Bonchev–Trinajstić information content (AvgIpc) is 2.70. The van der Waals surface area contributed by atoms with Gasteiger partial charge in [-0.15, -0.1) is 0 Å². The zero-order chi connectivity index (χ0) is 24.4. The fourth-order valence-corrected chi connectivity index (χ4v) is 3.54. The van der Waals surface area contributed by atoms with E-state index < -0.39 is 12.6 Å². The molecule has 0 aliphatic heterocycles. The summed E-state index contributed by atoms with van der Waals surface area (Å²) in [7, 11) is 3.06. The zero-order valence-corrected chi connectivity index (χ0v) is 21.5. The monoisotopic (exact) mass is 454 g/mol. The van der Waals surface area contributed by atoms with E-state index in [1.807, 2.05) is 0 Å². The van der Waals surface area contributed by atoms with Crippen molar-refractivity contribution in [3.05, 3.63) is 34.4 Å². The average molecular weight is 455 g/mol. The summed E-state index contributed by atoms with van der Waals surface area (Å²) < 4.78 is 21.0. The minimum absolute atomic E-state index is 0.0486. The smallest absolute Gasteiger partial charge is 0.178 e. The van der Waals surface area contributed by atoms with Gasteiger partial charge in [-0.25, -0.2) is 0 Å². The highest BCUT2D eigenvalue weighted by Gasteiger charge is 2.27. The first-order valence-electron chi connectivity index (χ1n) is 11.5. The number of rotatable bonds is 14. The molecule has 0 radical (unpaired) electrons. The van der Waals surface area contributed by atoms with Crippen LogP contribution in [0, 0.1) is 10.8 Å². The molecular weight excluding hydrogens is 408 g/mol. The van der Waals surface area contributed by atoms with Gasteiger partial charge in [0.2, 0.25) is 0 Å². The maximum Gasteiger partial charge on any atom is 0.178 e. The first kappa shape index (κ1) is 29.0. The number of allylic oxidation sites excluding steroid dienone is 4. The van der Waals surface area contributed by atoms with Gasteiger partial charge in [-0.1, -0.05) is 57.9 Å². The molecule has 0 aromatic rings. The van der Waals surface area contributed by atoms with Crippen molar-refractivity contribution in [2.75, 3.05) is 40.6 Å². The molecule has 32 heavy (non-hydrogen) atoms. The normalized spacial score (nSPS) is 18.1. The summed E-state index contributed by atoms with van der Waals surface area (Å²) in [6.45, 7) is 14.4. The van der Waals surface area contributed by atoms with Gasteiger partial charge in [-0.3, -0.25) is 0 Å². The molecule has 6 nitrogen and oxygen atoms in total. The summed E-state index contributed by atoms with van der Waals surface area (Å²) in [4.78, 5) is 0. The van der Waals surface area contributed by atoms with Gasteiger partial charge >= 0.3 is 0 Å². The molecule has 0 saturated carbocycles. The summed E-state index contributed by atoms with van der Waals surface area (Å²) in [5.74, 6) is 0. The molecule has 2 unspecified atom stereocenters. The lowest BCUT2D eigenvalue weighted by Gasteiger charge is -2.33. The highest BCUT2D eigenvalue weighted by Crippen LogP contribution is 2.40. The molecule has 0 aromatic carbocycles. The minimum atomic E-state index is -0.971. The Kier molecular flexibility index (Phi) is 12.4. The Balaban J connectivity index is 2.86. The van der Waals surface area contributed by atoms with Crippen LogP contribution in [0.4, 0.5) is 0 Å². The second-order valence-corrected chi connectivity index (χ2v) is 10.3. The molecule has 186 valence electrons. The van der Waals surface area contributed by atoms with E-state index in [2.05, 4.69) is 53.7 Å². The number of methoxy groups -OCH3 is 2. The van der Waals surface area contributed by atoms with Crippen molar-refractivity contribution in [3.63, 3.8) is 0 Å². The van der Waals surface area contributed by atoms with Crippen molar-refractivity contribution in [1.29, 1.82) is 0 Å². The summed E-state index contributed by atoms with van der Waals surface area (Å²) in [6.07, 6.45) is 6.33. The van der Waals surface area contributed by atoms with E-state index in [0.29, 0.717) is 13.2 Å². The van der Waals surface area contributed by atoms with Crippen LogP contribution in [0.25, 0.3) is 0 Å². The number of ether oxygens (including phenoxy) is 4. The predicted octanol–water partition coefficient (Wildman–Crippen LogP) is 4.76. The lowest BCUT2D eigenvalue weighted by molar-refractivity contribution is -0.129. The van der Waals surface area contributed by atoms with Crippen LogP contribution in [0.5, 0.6) is 0 Å². The van der Waals surface area contributed by atoms with Gasteiger partial charge in [0, 0.05) is 14.2 Å². The molecule has 0 bridgehead atoms. The van der Waals surface area contributed by atoms with Crippen LogP contribution in [0.3, 0.4) is 0 Å². The molecule has 0 saturated heterocycles. The van der Waals surface area contributed by atoms with E-state index in [1.165, 1.54) is 25.4 Å². The third-order valence-corrected chi connectivity index (χ3v) is 6.29. The largest absolute Gasteiger partial charge is 0.379 e. The SMILES string of the molecule is COCC(O)OCC1=C(COC(O)COC)CC(C(C)(C)CC/C=C(\C)C(C)(C)C)=CC1. The number of aliphatic hydroxyl groups is 2. The lowest BCUT2D eigenvalue weighted by Crippen LogP contribution is -2.25. The van der Waals surface area contributed by atoms with Gasteiger partial charge in [0.15, 0.2) is 12.6 Å². The summed E-state index contributed by atoms with van der Waals surface area (Å²) >= 11 is 0. The summed E-state index contributed by atoms with van der Waals surface area (Å²) in [5.41, 5.74) is 5.21. The summed E-state index contributed by atoms with van der Waals surface area (Å²) in [6, 6.07) is 0. The number of hydrogen-bond acceptors (Lipinski definition) is 6. The first-order valence-corrected chi connectivity index (χ1v) is 11.5. The van der Waals surface area contributed by atoms with Crippen molar-refractivity contribution in [2.24, 2.45) is 10.8 Å². The van der Waals surface area contributed by atoms with E-state index in [4.69, 9.17) is 18.9 Å². The maximum atomic E-state index is 9.94. The molecule has 1 aliphatic rings. The Hall–Kier alpha value is -1.02. The molecule has 0 fully saturated rings. The van der Waals surface area contributed by atoms with Crippen LogP contribution in [-0.4, -0.2) is 63.4 Å². The van der Waals surface area contributed by atoms with Gasteiger partial charge in [-0.2, -0.15) is 0 Å². The van der Waals surface area contributed by atoms with Crippen molar-refractivity contribution < 1.29 is 29.2 Å². The molecule has 0 amide bonds. The third-order valence-electron chi connectivity index (χ3n) is 6.29. The molecule has 0 spiro atoms. The van der Waals surface area contributed by atoms with Gasteiger partial charge < -0.3 is 29.2 Å². The Morgan fingerprint density at radius 3 is 2.00 bits per heavy atom. The molecule has 0 heterocycles. The van der Waals surface area contributed by atoms with Gasteiger partial charge in [0.05, 0.1) is 26.4 Å². The van der Waals surface area contributed by atoms with E-state index in [-0.39, 0.29) is 24.0 Å². The van der Waals surface area contributed by atoms with Crippen LogP contribution < -0.4 is 0 Å². The quantitative estimate of drug-likeness (QED) is 0.291. The topological polar surface area (TPSA) is 77.4 Å². The van der Waals surface area contributed by atoms with Crippen LogP contribution in [0.2, 0.25) is 0 Å². The van der Waals surface area contributed by atoms with Crippen molar-refractivity contribution >= 4 is 0 Å². The standard InChI is InChI=1S/C26H46O6/c1-19(25(2,3)4)10-9-13-26(5,6)22-12-11-20(15-31-23(27)17-29-7)21(14-22)16-32-24(28)18-30-8/h10,12,23-24,27-28H,9,11,13-18H2,1-8H3/b19-10+. The molecule has 0 aromatic heterocycles. The van der Waals surface area contributed by atoms with Crippen molar-refractivity contribution in [3.8, 4) is 0 Å². The second-order valence-electron chi connectivity index (χ2n) is 10.3. The minimum Gasteiger partial charge on any atom is -0.379 e. The Labute approximate surface area is 195 Å². The van der Waals surface area contributed by atoms with E-state index in [9.17, 15) is 10.2 Å². The predicted molar refractivity (Wildman–Crippen MR) is 128 cm³/mol. The molecule has 2 N–H and O–H groups in total. The van der Waals surface area contributed by atoms with Crippen LogP contribution in [-0.2, 0) is 18.9 Å². The molecular formula is C26H46O6. The molecule has 1 aliphatic carbocycles. The van der Waals surface area contributed by atoms with E-state index >= 15 is 0 Å². The molecule has 6 heteroatoms. The van der Waals surface area contributed by atoms with E-state index in [1.54, 1.807) is 0 Å².